The van der Waals surface area contributed by atoms with E-state index in [2.05, 4.69) is 0 Å². The number of pyridine rings is 1. The van der Waals surface area contributed by atoms with Crippen LogP contribution in [0.2, 0.25) is 0 Å². The monoisotopic (exact) mass is 329 g/mol. The lowest BCUT2D eigenvalue weighted by molar-refractivity contribution is -0.121. The Morgan fingerprint density at radius 2 is 2.00 bits per heavy atom. The number of carbonyl (C=O) groups excluding carboxylic acids is 2. The van der Waals surface area contributed by atoms with Crippen LogP contribution in [0.5, 0.6) is 0 Å². The highest BCUT2D eigenvalue weighted by Gasteiger charge is 2.31. The third kappa shape index (κ3) is 2.92. The van der Waals surface area contributed by atoms with E-state index < -0.39 is 17.6 Å². The van der Waals surface area contributed by atoms with E-state index >= 15 is 0 Å². The molecular formula is C17H16FN3O3. The third-order valence-corrected chi connectivity index (χ3v) is 4.16. The van der Waals surface area contributed by atoms with Crippen LogP contribution < -0.4 is 11.3 Å². The van der Waals surface area contributed by atoms with E-state index in [-0.39, 0.29) is 23.6 Å². The average Bonchev–Trinajstić information content (AvgIpc) is 3.05. The largest absolute Gasteiger partial charge is 0.369 e. The molecular weight excluding hydrogens is 313 g/mol. The lowest BCUT2D eigenvalue weighted by atomic mass is 10.1. The molecule has 124 valence electrons. The predicted octanol–water partition coefficient (Wildman–Crippen LogP) is 0.924. The lowest BCUT2D eigenvalue weighted by Crippen LogP contribution is -2.32. The molecule has 24 heavy (non-hydrogen) atoms. The number of primary amides is 1. The third-order valence-electron chi connectivity index (χ3n) is 4.16. The van der Waals surface area contributed by atoms with E-state index in [9.17, 15) is 18.8 Å². The minimum Gasteiger partial charge on any atom is -0.369 e. The first kappa shape index (κ1) is 15.9. The molecule has 1 saturated heterocycles. The van der Waals surface area contributed by atoms with Crippen LogP contribution in [0, 0.1) is 11.7 Å². The van der Waals surface area contributed by atoms with Crippen LogP contribution >= 0.6 is 0 Å². The molecule has 0 saturated carbocycles. The first-order chi connectivity index (χ1) is 11.5. The topological polar surface area (TPSA) is 85.4 Å². The molecule has 3 rings (SSSR count). The van der Waals surface area contributed by atoms with Crippen molar-refractivity contribution in [2.45, 2.75) is 6.42 Å². The summed E-state index contributed by atoms with van der Waals surface area (Å²) in [6, 6.07) is 8.63. The van der Waals surface area contributed by atoms with Crippen LogP contribution in [0.4, 0.5) is 4.39 Å². The van der Waals surface area contributed by atoms with Crippen molar-refractivity contribution in [1.82, 2.24) is 9.47 Å². The summed E-state index contributed by atoms with van der Waals surface area (Å²) in [7, 11) is 0. The van der Waals surface area contributed by atoms with Crippen molar-refractivity contribution in [3.05, 3.63) is 64.3 Å². The summed E-state index contributed by atoms with van der Waals surface area (Å²) in [5.74, 6) is -2.04. The molecule has 1 fully saturated rings. The van der Waals surface area contributed by atoms with Gasteiger partial charge in [0.05, 0.1) is 17.2 Å². The number of amides is 2. The zero-order chi connectivity index (χ0) is 17.3. The first-order valence-corrected chi connectivity index (χ1v) is 7.53. The Bertz CT molecular complexity index is 862. The van der Waals surface area contributed by atoms with Crippen molar-refractivity contribution in [2.75, 3.05) is 13.1 Å². The Morgan fingerprint density at radius 3 is 2.62 bits per heavy atom. The van der Waals surface area contributed by atoms with E-state index in [4.69, 9.17) is 5.73 Å². The molecule has 0 aliphatic carbocycles. The Labute approximate surface area is 137 Å². The van der Waals surface area contributed by atoms with Crippen LogP contribution in [-0.4, -0.2) is 34.4 Å². The summed E-state index contributed by atoms with van der Waals surface area (Å²) in [5, 5.41) is 0. The van der Waals surface area contributed by atoms with E-state index in [0.29, 0.717) is 18.7 Å². The van der Waals surface area contributed by atoms with E-state index in [1.807, 2.05) is 0 Å². The minimum absolute atomic E-state index is 0.0900. The van der Waals surface area contributed by atoms with Crippen LogP contribution in [0.1, 0.15) is 16.8 Å². The van der Waals surface area contributed by atoms with Crippen LogP contribution in [0.3, 0.4) is 0 Å². The fourth-order valence-corrected chi connectivity index (χ4v) is 2.82. The van der Waals surface area contributed by atoms with Crippen LogP contribution in [0.25, 0.3) is 5.69 Å². The molecule has 1 aliphatic heterocycles. The highest BCUT2D eigenvalue weighted by Crippen LogP contribution is 2.21. The smallest absolute Gasteiger partial charge is 0.256 e. The van der Waals surface area contributed by atoms with Gasteiger partial charge in [0.1, 0.15) is 5.82 Å². The molecule has 2 heterocycles. The number of benzene rings is 1. The van der Waals surface area contributed by atoms with E-state index in [1.54, 1.807) is 12.1 Å². The molecule has 2 N–H and O–H groups in total. The summed E-state index contributed by atoms with van der Waals surface area (Å²) < 4.78 is 15.7. The fraction of sp³-hybridized carbons (Fsp3) is 0.235. The summed E-state index contributed by atoms with van der Waals surface area (Å²) >= 11 is 0. The Kier molecular flexibility index (Phi) is 4.16. The van der Waals surface area contributed by atoms with Gasteiger partial charge in [0.2, 0.25) is 5.91 Å². The molecule has 6 nitrogen and oxygen atoms in total. The van der Waals surface area contributed by atoms with Gasteiger partial charge in [-0.1, -0.05) is 6.07 Å². The number of hydrogen-bond donors (Lipinski definition) is 1. The second-order valence-corrected chi connectivity index (χ2v) is 5.71. The number of aromatic nitrogens is 1. The summed E-state index contributed by atoms with van der Waals surface area (Å²) in [5.41, 5.74) is 5.20. The highest BCUT2D eigenvalue weighted by atomic mass is 19.1. The zero-order valence-corrected chi connectivity index (χ0v) is 12.8. The number of halogens is 1. The van der Waals surface area contributed by atoms with Gasteiger partial charge < -0.3 is 10.6 Å². The fourth-order valence-electron chi connectivity index (χ4n) is 2.82. The molecule has 1 aromatic carbocycles. The molecule has 7 heteroatoms. The van der Waals surface area contributed by atoms with Crippen molar-refractivity contribution in [3.8, 4) is 5.69 Å². The maximum atomic E-state index is 14.4. The molecule has 1 aromatic heterocycles. The normalized spacial score (nSPS) is 17.0. The molecule has 1 atom stereocenters. The standard InChI is InChI=1S/C17H16FN3O3/c18-14-9-12(21-7-2-1-3-15(21)22)4-5-13(14)17(24)20-8-6-11(10-20)16(19)23/h1-5,7,9,11H,6,8,10H2,(H2,19,23). The summed E-state index contributed by atoms with van der Waals surface area (Å²) in [6.45, 7) is 0.569. The predicted molar refractivity (Wildman–Crippen MR) is 85.2 cm³/mol. The van der Waals surface area contributed by atoms with E-state index in [1.165, 1.54) is 33.9 Å². The van der Waals surface area contributed by atoms with Crippen molar-refractivity contribution < 1.29 is 14.0 Å². The van der Waals surface area contributed by atoms with Gasteiger partial charge in [-0.15, -0.1) is 0 Å². The molecule has 2 aromatic rings. The molecule has 0 spiro atoms. The molecule has 1 aliphatic rings. The zero-order valence-electron chi connectivity index (χ0n) is 12.8. The van der Waals surface area contributed by atoms with Crippen molar-refractivity contribution in [1.29, 1.82) is 0 Å². The number of nitrogens with two attached hydrogens (primary N) is 1. The maximum Gasteiger partial charge on any atom is 0.256 e. The lowest BCUT2D eigenvalue weighted by Gasteiger charge is -2.17. The second kappa shape index (κ2) is 6.27. The van der Waals surface area contributed by atoms with Crippen molar-refractivity contribution in [3.63, 3.8) is 0 Å². The molecule has 0 bridgehead atoms. The van der Waals surface area contributed by atoms with Crippen LogP contribution in [-0.2, 0) is 4.79 Å². The van der Waals surface area contributed by atoms with Gasteiger partial charge in [-0.25, -0.2) is 4.39 Å². The Balaban J connectivity index is 1.86. The quantitative estimate of drug-likeness (QED) is 0.909. The Morgan fingerprint density at radius 1 is 1.21 bits per heavy atom. The summed E-state index contributed by atoms with van der Waals surface area (Å²) in [6.07, 6.45) is 2.01. The number of hydrogen-bond acceptors (Lipinski definition) is 3. The van der Waals surface area contributed by atoms with Gasteiger partial charge in [0.15, 0.2) is 0 Å². The van der Waals surface area contributed by atoms with Crippen LogP contribution in [0.15, 0.2) is 47.4 Å². The first-order valence-electron chi connectivity index (χ1n) is 7.53. The number of rotatable bonds is 3. The van der Waals surface area contributed by atoms with Gasteiger partial charge in [-0.3, -0.25) is 19.0 Å². The van der Waals surface area contributed by atoms with Gasteiger partial charge in [0.25, 0.3) is 11.5 Å². The van der Waals surface area contributed by atoms with Gasteiger partial charge in [0, 0.05) is 25.4 Å². The van der Waals surface area contributed by atoms with E-state index in [0.717, 1.165) is 6.07 Å². The molecule has 1 unspecified atom stereocenters. The van der Waals surface area contributed by atoms with Crippen molar-refractivity contribution in [2.24, 2.45) is 11.7 Å². The number of nitrogens with zero attached hydrogens (tertiary/aromatic N) is 2. The van der Waals surface area contributed by atoms with Gasteiger partial charge in [-0.05, 0) is 30.7 Å². The number of likely N-dealkylation sites (tertiary alicyclic amines) is 1. The Hall–Kier alpha value is -2.96. The highest BCUT2D eigenvalue weighted by molar-refractivity contribution is 5.95. The maximum absolute atomic E-state index is 14.4. The number of carbonyl (C=O) groups is 2. The average molecular weight is 329 g/mol. The van der Waals surface area contributed by atoms with Gasteiger partial charge >= 0.3 is 0 Å². The molecule has 0 radical (unpaired) electrons. The second-order valence-electron chi connectivity index (χ2n) is 5.71. The van der Waals surface area contributed by atoms with Gasteiger partial charge in [-0.2, -0.15) is 0 Å². The SMILES string of the molecule is NC(=O)C1CCN(C(=O)c2ccc(-n3ccccc3=O)cc2F)C1. The summed E-state index contributed by atoms with van der Waals surface area (Å²) in [4.78, 5) is 36.8. The van der Waals surface area contributed by atoms with Crippen molar-refractivity contribution >= 4 is 11.8 Å². The minimum atomic E-state index is -0.712. The molecule has 2 amide bonds.